The van der Waals surface area contributed by atoms with E-state index in [9.17, 15) is 0 Å². The third kappa shape index (κ3) is 7.25. The highest BCUT2D eigenvalue weighted by Crippen LogP contribution is 2.39. The van der Waals surface area contributed by atoms with E-state index in [1.54, 1.807) is 0 Å². The van der Waals surface area contributed by atoms with Crippen LogP contribution in [0.4, 0.5) is 0 Å². The molecule has 0 aromatic heterocycles. The van der Waals surface area contributed by atoms with Crippen molar-refractivity contribution >= 4 is 41.7 Å². The first-order chi connectivity index (χ1) is 11.6. The lowest BCUT2D eigenvalue weighted by Gasteiger charge is -2.38. The van der Waals surface area contributed by atoms with Crippen LogP contribution in [-0.4, -0.2) is 36.7 Å². The van der Waals surface area contributed by atoms with Gasteiger partial charge in [0.1, 0.15) is 11.4 Å². The van der Waals surface area contributed by atoms with Crippen LogP contribution in [0.25, 0.3) is 0 Å². The number of guanidine groups is 1. The molecule has 0 saturated heterocycles. The van der Waals surface area contributed by atoms with Crippen molar-refractivity contribution in [2.45, 2.75) is 51.7 Å². The molecular weight excluding hydrogens is 445 g/mol. The zero-order valence-corrected chi connectivity index (χ0v) is 18.9. The Morgan fingerprint density at radius 3 is 2.80 bits per heavy atom. The van der Waals surface area contributed by atoms with Crippen molar-refractivity contribution in [3.8, 4) is 5.75 Å². The fourth-order valence-electron chi connectivity index (χ4n) is 2.97. The van der Waals surface area contributed by atoms with E-state index in [0.717, 1.165) is 37.6 Å². The third-order valence-corrected chi connectivity index (χ3v) is 4.75. The van der Waals surface area contributed by atoms with Gasteiger partial charge in [0.2, 0.25) is 0 Å². The molecular formula is C19H32IN3OS. The van der Waals surface area contributed by atoms with Crippen LogP contribution in [0.2, 0.25) is 0 Å². The molecule has 0 saturated carbocycles. The van der Waals surface area contributed by atoms with Crippen molar-refractivity contribution in [3.05, 3.63) is 29.8 Å². The van der Waals surface area contributed by atoms with Gasteiger partial charge in [0.15, 0.2) is 5.96 Å². The minimum Gasteiger partial charge on any atom is -0.487 e. The summed E-state index contributed by atoms with van der Waals surface area (Å²) in [5.74, 6) is 3.09. The summed E-state index contributed by atoms with van der Waals surface area (Å²) in [4.78, 5) is 4.74. The minimum absolute atomic E-state index is 0. The summed E-state index contributed by atoms with van der Waals surface area (Å²) >= 11 is 1.90. The lowest BCUT2D eigenvalue weighted by atomic mass is 9.90. The number of para-hydroxylation sites is 1. The topological polar surface area (TPSA) is 45.7 Å². The molecule has 4 nitrogen and oxygen atoms in total. The highest BCUT2D eigenvalue weighted by molar-refractivity contribution is 14.0. The normalized spacial score (nSPS) is 18.6. The van der Waals surface area contributed by atoms with Crippen LogP contribution in [-0.2, 0) is 0 Å². The molecule has 1 aliphatic heterocycles. The van der Waals surface area contributed by atoms with E-state index in [0.29, 0.717) is 0 Å². The summed E-state index contributed by atoms with van der Waals surface area (Å²) in [6.45, 7) is 8.12. The number of nitrogens with zero attached hydrogens (tertiary/aromatic N) is 1. The summed E-state index contributed by atoms with van der Waals surface area (Å²) in [7, 11) is 0. The fourth-order valence-corrected chi connectivity index (χ4v) is 3.46. The number of hydrogen-bond acceptors (Lipinski definition) is 3. The zero-order chi connectivity index (χ0) is 17.4. The monoisotopic (exact) mass is 477 g/mol. The Hall–Kier alpha value is -0.630. The number of benzene rings is 1. The quantitative estimate of drug-likeness (QED) is 0.261. The first-order valence-corrected chi connectivity index (χ1v) is 10.3. The van der Waals surface area contributed by atoms with Crippen molar-refractivity contribution in [2.24, 2.45) is 4.99 Å². The van der Waals surface area contributed by atoms with E-state index in [2.05, 4.69) is 55.9 Å². The summed E-state index contributed by atoms with van der Waals surface area (Å²) in [6.07, 6.45) is 5.42. The lowest BCUT2D eigenvalue weighted by molar-refractivity contribution is 0.0694. The van der Waals surface area contributed by atoms with Gasteiger partial charge in [-0.15, -0.1) is 24.0 Å². The molecule has 1 unspecified atom stereocenters. The molecule has 6 heteroatoms. The van der Waals surface area contributed by atoms with Gasteiger partial charge >= 0.3 is 0 Å². The van der Waals surface area contributed by atoms with Crippen LogP contribution < -0.4 is 15.4 Å². The van der Waals surface area contributed by atoms with Crippen molar-refractivity contribution in [1.82, 2.24) is 10.6 Å². The summed E-state index contributed by atoms with van der Waals surface area (Å²) in [5.41, 5.74) is 1.03. The molecule has 142 valence electrons. The molecule has 0 spiro atoms. The maximum absolute atomic E-state index is 6.11. The zero-order valence-electron chi connectivity index (χ0n) is 15.8. The van der Waals surface area contributed by atoms with Crippen LogP contribution >= 0.6 is 35.7 Å². The SMILES string of the molecule is CCNC(=NCCCCSC)NC1CC(C)(C)Oc2ccccc21.I. The van der Waals surface area contributed by atoms with Crippen LogP contribution in [0.15, 0.2) is 29.3 Å². The van der Waals surface area contributed by atoms with Crippen molar-refractivity contribution in [1.29, 1.82) is 0 Å². The van der Waals surface area contributed by atoms with Crippen LogP contribution in [0.5, 0.6) is 5.75 Å². The van der Waals surface area contributed by atoms with Gasteiger partial charge in [-0.05, 0) is 51.7 Å². The van der Waals surface area contributed by atoms with E-state index < -0.39 is 0 Å². The van der Waals surface area contributed by atoms with Crippen molar-refractivity contribution < 1.29 is 4.74 Å². The number of halogens is 1. The fraction of sp³-hybridized carbons (Fsp3) is 0.632. The standard InChI is InChI=1S/C19H31N3OS.HI/c1-5-20-18(21-12-8-9-13-24-4)22-16-14-19(2,3)23-17-11-7-6-10-15(16)17;/h6-7,10-11,16H,5,8-9,12-14H2,1-4H3,(H2,20,21,22);1H. The Labute approximate surface area is 174 Å². The molecule has 0 radical (unpaired) electrons. The van der Waals surface area contributed by atoms with E-state index >= 15 is 0 Å². The smallest absolute Gasteiger partial charge is 0.191 e. The van der Waals surface area contributed by atoms with Gasteiger partial charge in [-0.1, -0.05) is 18.2 Å². The highest BCUT2D eigenvalue weighted by atomic mass is 127. The summed E-state index contributed by atoms with van der Waals surface area (Å²) in [5, 5.41) is 6.99. The van der Waals surface area contributed by atoms with E-state index in [1.165, 1.54) is 17.7 Å². The second-order valence-electron chi connectivity index (χ2n) is 6.76. The molecule has 0 amide bonds. The molecule has 2 N–H and O–H groups in total. The van der Waals surface area contributed by atoms with Gasteiger partial charge in [-0.2, -0.15) is 11.8 Å². The maximum atomic E-state index is 6.11. The lowest BCUT2D eigenvalue weighted by Crippen LogP contribution is -2.45. The largest absolute Gasteiger partial charge is 0.487 e. The number of ether oxygens (including phenoxy) is 1. The predicted molar refractivity (Wildman–Crippen MR) is 121 cm³/mol. The number of unbranched alkanes of at least 4 members (excludes halogenated alkanes) is 1. The molecule has 25 heavy (non-hydrogen) atoms. The van der Waals surface area contributed by atoms with Gasteiger partial charge in [0.05, 0.1) is 6.04 Å². The van der Waals surface area contributed by atoms with E-state index in [1.807, 2.05) is 17.8 Å². The number of nitrogens with one attached hydrogen (secondary N) is 2. The molecule has 0 fully saturated rings. The Bertz CT molecular complexity index is 551. The molecule has 2 rings (SSSR count). The molecule has 1 aromatic rings. The van der Waals surface area contributed by atoms with Gasteiger partial charge in [0, 0.05) is 25.1 Å². The Morgan fingerprint density at radius 1 is 1.32 bits per heavy atom. The predicted octanol–water partition coefficient (Wildman–Crippen LogP) is 4.61. The van der Waals surface area contributed by atoms with E-state index in [4.69, 9.17) is 9.73 Å². The van der Waals surface area contributed by atoms with Crippen LogP contribution in [0, 0.1) is 0 Å². The van der Waals surface area contributed by atoms with E-state index in [-0.39, 0.29) is 35.6 Å². The molecule has 0 aliphatic carbocycles. The summed E-state index contributed by atoms with van der Waals surface area (Å²) in [6, 6.07) is 8.51. The van der Waals surface area contributed by atoms with Crippen LogP contribution in [0.3, 0.4) is 0 Å². The second-order valence-corrected chi connectivity index (χ2v) is 7.75. The summed E-state index contributed by atoms with van der Waals surface area (Å²) < 4.78 is 6.11. The van der Waals surface area contributed by atoms with Gasteiger partial charge in [-0.25, -0.2) is 0 Å². The minimum atomic E-state index is -0.179. The first-order valence-electron chi connectivity index (χ1n) is 8.87. The Kier molecular flexibility index (Phi) is 10.0. The molecule has 0 bridgehead atoms. The average molecular weight is 477 g/mol. The van der Waals surface area contributed by atoms with Gasteiger partial charge < -0.3 is 15.4 Å². The highest BCUT2D eigenvalue weighted by Gasteiger charge is 2.33. The number of hydrogen-bond donors (Lipinski definition) is 2. The Balaban J connectivity index is 0.00000312. The number of fused-ring (bicyclic) bond motifs is 1. The first kappa shape index (κ1) is 22.4. The molecule has 1 aliphatic rings. The number of thioether (sulfide) groups is 1. The van der Waals surface area contributed by atoms with Crippen LogP contribution in [0.1, 0.15) is 51.6 Å². The molecule has 1 heterocycles. The maximum Gasteiger partial charge on any atom is 0.191 e. The van der Waals surface area contributed by atoms with Gasteiger partial charge in [0.25, 0.3) is 0 Å². The third-order valence-electron chi connectivity index (χ3n) is 4.06. The van der Waals surface area contributed by atoms with Crippen molar-refractivity contribution in [3.63, 3.8) is 0 Å². The second kappa shape index (κ2) is 11.2. The van der Waals surface area contributed by atoms with Crippen molar-refractivity contribution in [2.75, 3.05) is 25.1 Å². The average Bonchev–Trinajstić information content (AvgIpc) is 2.53. The number of rotatable bonds is 7. The van der Waals surface area contributed by atoms with Gasteiger partial charge in [-0.3, -0.25) is 4.99 Å². The number of aliphatic imine (C=N–C) groups is 1. The molecule has 1 atom stereocenters. The molecule has 1 aromatic carbocycles. The Morgan fingerprint density at radius 2 is 2.08 bits per heavy atom.